The van der Waals surface area contributed by atoms with Crippen LogP contribution in [0.1, 0.15) is 28.4 Å². The highest BCUT2D eigenvalue weighted by molar-refractivity contribution is 5.97. The molecule has 26 heavy (non-hydrogen) atoms. The summed E-state index contributed by atoms with van der Waals surface area (Å²) in [5, 5.41) is 5.16. The topological polar surface area (TPSA) is 84.5 Å². The summed E-state index contributed by atoms with van der Waals surface area (Å²) in [7, 11) is 0. The highest BCUT2D eigenvalue weighted by atomic mass is 16.5. The second-order valence-corrected chi connectivity index (χ2v) is 6.04. The molecule has 0 aliphatic rings. The third-order valence-corrected chi connectivity index (χ3v) is 3.64. The zero-order chi connectivity index (χ0) is 19.1. The van der Waals surface area contributed by atoms with Crippen molar-refractivity contribution in [2.24, 2.45) is 0 Å². The van der Waals surface area contributed by atoms with E-state index < -0.39 is 18.0 Å². The smallest absolute Gasteiger partial charge is 0.326 e. The first-order chi connectivity index (χ1) is 12.3. The minimum Gasteiger partial charge on any atom is -0.451 e. The molecule has 0 unspecified atom stereocenters. The molecule has 0 bridgehead atoms. The molecule has 2 aromatic carbocycles. The predicted molar refractivity (Wildman–Crippen MR) is 98.9 cm³/mol. The van der Waals surface area contributed by atoms with Gasteiger partial charge >= 0.3 is 5.97 Å². The molecular weight excluding hydrogens is 332 g/mol. The molecular formula is C20H22N2O4. The molecule has 0 aromatic heterocycles. The summed E-state index contributed by atoms with van der Waals surface area (Å²) < 4.78 is 5.06. The maximum absolute atomic E-state index is 12.1. The van der Waals surface area contributed by atoms with Crippen LogP contribution in [-0.4, -0.2) is 30.4 Å². The van der Waals surface area contributed by atoms with Crippen molar-refractivity contribution in [3.63, 3.8) is 0 Å². The van der Waals surface area contributed by atoms with E-state index in [1.54, 1.807) is 24.3 Å². The van der Waals surface area contributed by atoms with Crippen LogP contribution in [0.3, 0.4) is 0 Å². The Kier molecular flexibility index (Phi) is 6.49. The molecule has 0 heterocycles. The van der Waals surface area contributed by atoms with E-state index >= 15 is 0 Å². The van der Waals surface area contributed by atoms with Gasteiger partial charge in [0, 0.05) is 11.3 Å². The third kappa shape index (κ3) is 5.73. The van der Waals surface area contributed by atoms with Crippen LogP contribution in [0.4, 0.5) is 5.69 Å². The number of esters is 1. The molecule has 136 valence electrons. The van der Waals surface area contributed by atoms with Gasteiger partial charge in [-0.3, -0.25) is 14.4 Å². The summed E-state index contributed by atoms with van der Waals surface area (Å²) in [6.45, 7) is 4.95. The molecule has 0 aliphatic carbocycles. The molecule has 2 amide bonds. The number of anilines is 1. The van der Waals surface area contributed by atoms with Gasteiger partial charge in [0.2, 0.25) is 0 Å². The Morgan fingerprint density at radius 1 is 1.00 bits per heavy atom. The number of rotatable bonds is 6. The van der Waals surface area contributed by atoms with Gasteiger partial charge in [0.05, 0.1) is 0 Å². The first-order valence-electron chi connectivity index (χ1n) is 8.27. The zero-order valence-corrected chi connectivity index (χ0v) is 15.0. The van der Waals surface area contributed by atoms with Crippen molar-refractivity contribution in [1.29, 1.82) is 0 Å². The lowest BCUT2D eigenvalue weighted by molar-refractivity contribution is -0.152. The van der Waals surface area contributed by atoms with E-state index in [9.17, 15) is 14.4 Å². The highest BCUT2D eigenvalue weighted by Gasteiger charge is 2.18. The Hall–Kier alpha value is -3.15. The Bertz CT molecular complexity index is 817. The van der Waals surface area contributed by atoms with Crippen molar-refractivity contribution < 1.29 is 19.1 Å². The number of hydrogen-bond donors (Lipinski definition) is 2. The van der Waals surface area contributed by atoms with Gasteiger partial charge in [-0.1, -0.05) is 29.8 Å². The summed E-state index contributed by atoms with van der Waals surface area (Å²) in [5.41, 5.74) is 3.04. The highest BCUT2D eigenvalue weighted by Crippen LogP contribution is 2.10. The van der Waals surface area contributed by atoms with Crippen molar-refractivity contribution in [2.45, 2.75) is 26.9 Å². The Labute approximate surface area is 152 Å². The molecule has 2 N–H and O–H groups in total. The third-order valence-electron chi connectivity index (χ3n) is 3.64. The van der Waals surface area contributed by atoms with Gasteiger partial charge in [-0.2, -0.15) is 0 Å². The number of amides is 2. The summed E-state index contributed by atoms with van der Waals surface area (Å²) in [6, 6.07) is 14.3. The number of hydrogen-bond acceptors (Lipinski definition) is 4. The van der Waals surface area contributed by atoms with Gasteiger partial charge in [0.1, 0.15) is 6.54 Å². The SMILES string of the molecule is Cc1cccc(NC(=O)[C@H](C)OC(=O)CNC(=O)c2cccc(C)c2)c1. The van der Waals surface area contributed by atoms with Crippen molar-refractivity contribution in [3.05, 3.63) is 65.2 Å². The molecule has 1 atom stereocenters. The summed E-state index contributed by atoms with van der Waals surface area (Å²) >= 11 is 0. The number of aryl methyl sites for hydroxylation is 2. The zero-order valence-electron chi connectivity index (χ0n) is 15.0. The van der Waals surface area contributed by atoms with Gasteiger partial charge in [-0.05, 0) is 50.6 Å². The number of carbonyl (C=O) groups is 3. The van der Waals surface area contributed by atoms with E-state index in [0.717, 1.165) is 11.1 Å². The van der Waals surface area contributed by atoms with E-state index in [1.165, 1.54) is 6.92 Å². The number of carbonyl (C=O) groups excluding carboxylic acids is 3. The molecule has 0 radical (unpaired) electrons. The predicted octanol–water partition coefficient (Wildman–Crippen LogP) is 2.60. The lowest BCUT2D eigenvalue weighted by Crippen LogP contribution is -2.35. The maximum Gasteiger partial charge on any atom is 0.326 e. The van der Waals surface area contributed by atoms with E-state index in [1.807, 2.05) is 38.1 Å². The van der Waals surface area contributed by atoms with Crippen molar-refractivity contribution >= 4 is 23.5 Å². The minimum atomic E-state index is -0.973. The fraction of sp³-hybridized carbons (Fsp3) is 0.250. The number of ether oxygens (including phenoxy) is 1. The molecule has 6 nitrogen and oxygen atoms in total. The van der Waals surface area contributed by atoms with E-state index in [-0.39, 0.29) is 12.5 Å². The van der Waals surface area contributed by atoms with E-state index in [4.69, 9.17) is 4.74 Å². The standard InChI is InChI=1S/C20H22N2O4/c1-13-6-4-8-16(10-13)20(25)21-12-18(23)26-15(3)19(24)22-17-9-5-7-14(2)11-17/h4-11,15H,12H2,1-3H3,(H,21,25)(H,22,24)/t15-/m0/s1. The van der Waals surface area contributed by atoms with Crippen molar-refractivity contribution in [1.82, 2.24) is 5.32 Å². The second-order valence-electron chi connectivity index (χ2n) is 6.04. The quantitative estimate of drug-likeness (QED) is 0.781. The Balaban J connectivity index is 1.81. The Morgan fingerprint density at radius 3 is 2.31 bits per heavy atom. The van der Waals surface area contributed by atoms with Gasteiger partial charge in [-0.15, -0.1) is 0 Å². The number of benzene rings is 2. The van der Waals surface area contributed by atoms with Crippen LogP contribution in [0.15, 0.2) is 48.5 Å². The first kappa shape index (κ1) is 19.2. The second kappa shape index (κ2) is 8.80. The van der Waals surface area contributed by atoms with Crippen LogP contribution in [0.5, 0.6) is 0 Å². The monoisotopic (exact) mass is 354 g/mol. The van der Waals surface area contributed by atoms with Crippen LogP contribution in [0, 0.1) is 13.8 Å². The summed E-state index contributed by atoms with van der Waals surface area (Å²) in [6.07, 6.45) is -0.973. The average molecular weight is 354 g/mol. The molecule has 0 saturated heterocycles. The molecule has 2 rings (SSSR count). The average Bonchev–Trinajstić information content (AvgIpc) is 2.59. The molecule has 0 saturated carbocycles. The maximum atomic E-state index is 12.1. The molecule has 6 heteroatoms. The van der Waals surface area contributed by atoms with Crippen LogP contribution >= 0.6 is 0 Å². The molecule has 0 aliphatic heterocycles. The van der Waals surface area contributed by atoms with Gasteiger partial charge in [-0.25, -0.2) is 0 Å². The largest absolute Gasteiger partial charge is 0.451 e. The lowest BCUT2D eigenvalue weighted by Gasteiger charge is -2.14. The van der Waals surface area contributed by atoms with Gasteiger partial charge < -0.3 is 15.4 Å². The summed E-state index contributed by atoms with van der Waals surface area (Å²) in [4.78, 5) is 35.9. The molecule has 0 spiro atoms. The van der Waals surface area contributed by atoms with Gasteiger partial charge in [0.15, 0.2) is 6.10 Å². The Morgan fingerprint density at radius 2 is 1.65 bits per heavy atom. The van der Waals surface area contributed by atoms with Gasteiger partial charge in [0.25, 0.3) is 11.8 Å². The first-order valence-corrected chi connectivity index (χ1v) is 8.27. The minimum absolute atomic E-state index is 0.311. The normalized spacial score (nSPS) is 11.3. The van der Waals surface area contributed by atoms with Crippen LogP contribution in [-0.2, 0) is 14.3 Å². The van der Waals surface area contributed by atoms with Crippen molar-refractivity contribution in [2.75, 3.05) is 11.9 Å². The van der Waals surface area contributed by atoms with Crippen molar-refractivity contribution in [3.8, 4) is 0 Å². The molecule has 0 fully saturated rings. The van der Waals surface area contributed by atoms with Crippen LogP contribution in [0.25, 0.3) is 0 Å². The number of nitrogens with one attached hydrogen (secondary N) is 2. The van der Waals surface area contributed by atoms with E-state index in [2.05, 4.69) is 10.6 Å². The summed E-state index contributed by atoms with van der Waals surface area (Å²) in [5.74, 6) is -1.49. The van der Waals surface area contributed by atoms with Crippen LogP contribution < -0.4 is 10.6 Å². The lowest BCUT2D eigenvalue weighted by atomic mass is 10.1. The van der Waals surface area contributed by atoms with Crippen LogP contribution in [0.2, 0.25) is 0 Å². The molecule has 2 aromatic rings. The fourth-order valence-electron chi connectivity index (χ4n) is 2.30. The van der Waals surface area contributed by atoms with E-state index in [0.29, 0.717) is 11.3 Å². The fourth-order valence-corrected chi connectivity index (χ4v) is 2.30.